The predicted molar refractivity (Wildman–Crippen MR) is 170 cm³/mol. The zero-order valence-corrected chi connectivity index (χ0v) is 28.2. The summed E-state index contributed by atoms with van der Waals surface area (Å²) in [4.78, 5) is 46.6. The first-order valence-electron chi connectivity index (χ1n) is 16.3. The number of rotatable bonds is 15. The average molecular weight is 618 g/mol. The summed E-state index contributed by atoms with van der Waals surface area (Å²) in [6, 6.07) is 4.56. The summed E-state index contributed by atoms with van der Waals surface area (Å²) in [7, 11) is 3.22. The van der Waals surface area contributed by atoms with Crippen LogP contribution in [0.15, 0.2) is 18.2 Å². The molecule has 1 unspecified atom stereocenters. The van der Waals surface area contributed by atoms with Crippen LogP contribution in [-0.2, 0) is 14.3 Å². The second-order valence-electron chi connectivity index (χ2n) is 13.4. The highest BCUT2D eigenvalue weighted by Crippen LogP contribution is 2.33. The Balaban J connectivity index is 1.82. The van der Waals surface area contributed by atoms with Crippen molar-refractivity contribution in [2.24, 2.45) is 5.92 Å². The molecule has 10 nitrogen and oxygen atoms in total. The molecule has 0 bridgehead atoms. The van der Waals surface area contributed by atoms with E-state index >= 15 is 0 Å². The number of likely N-dealkylation sites (tertiary alicyclic amines) is 1. The Morgan fingerprint density at radius 3 is 2.34 bits per heavy atom. The molecule has 0 N–H and O–H groups in total. The molecule has 2 atom stereocenters. The largest absolute Gasteiger partial charge is 0.493 e. The van der Waals surface area contributed by atoms with E-state index in [9.17, 15) is 14.4 Å². The van der Waals surface area contributed by atoms with Crippen molar-refractivity contribution in [2.75, 3.05) is 47.1 Å². The van der Waals surface area contributed by atoms with Crippen molar-refractivity contribution in [3.63, 3.8) is 0 Å². The molecular weight excluding hydrogens is 562 g/mol. The highest BCUT2D eigenvalue weighted by molar-refractivity contribution is 5.95. The maximum atomic E-state index is 14.1. The van der Waals surface area contributed by atoms with Gasteiger partial charge in [0.15, 0.2) is 11.5 Å². The summed E-state index contributed by atoms with van der Waals surface area (Å²) in [5.41, 5.74) is -0.201. The number of hydrogen-bond donors (Lipinski definition) is 0. The number of carbonyl (C=O) groups is 3. The first-order valence-corrected chi connectivity index (χ1v) is 16.3. The molecule has 2 aliphatic rings. The van der Waals surface area contributed by atoms with E-state index in [1.807, 2.05) is 44.4 Å². The van der Waals surface area contributed by atoms with Crippen molar-refractivity contribution in [2.45, 2.75) is 110 Å². The van der Waals surface area contributed by atoms with Gasteiger partial charge in [-0.25, -0.2) is 4.79 Å². The van der Waals surface area contributed by atoms with Gasteiger partial charge in [-0.3, -0.25) is 9.59 Å². The van der Waals surface area contributed by atoms with Crippen LogP contribution in [0.25, 0.3) is 0 Å². The summed E-state index contributed by atoms with van der Waals surface area (Å²) < 4.78 is 22.3. The molecule has 1 aliphatic carbocycles. The summed E-state index contributed by atoms with van der Waals surface area (Å²) in [6.45, 7) is 14.4. The van der Waals surface area contributed by atoms with Gasteiger partial charge in [-0.1, -0.05) is 6.92 Å². The van der Waals surface area contributed by atoms with Crippen LogP contribution < -0.4 is 9.47 Å². The third kappa shape index (κ3) is 10.3. The fraction of sp³-hybridized carbons (Fsp3) is 0.735. The molecule has 1 aromatic carbocycles. The molecule has 0 spiro atoms. The smallest absolute Gasteiger partial charge is 0.410 e. The van der Waals surface area contributed by atoms with E-state index in [0.717, 1.165) is 19.5 Å². The van der Waals surface area contributed by atoms with E-state index in [-0.39, 0.29) is 36.4 Å². The highest BCUT2D eigenvalue weighted by Gasteiger charge is 2.40. The Labute approximate surface area is 264 Å². The number of ether oxygens (including phenoxy) is 4. The molecule has 1 aliphatic heterocycles. The minimum atomic E-state index is -0.685. The Kier molecular flexibility index (Phi) is 13.2. The molecule has 0 radical (unpaired) electrons. The first-order chi connectivity index (χ1) is 20.9. The maximum absolute atomic E-state index is 14.1. The number of hydrogen-bond acceptors (Lipinski definition) is 7. The molecule has 248 valence electrons. The molecule has 1 saturated heterocycles. The molecule has 2 fully saturated rings. The van der Waals surface area contributed by atoms with Crippen molar-refractivity contribution < 1.29 is 33.3 Å². The number of benzene rings is 1. The number of nitrogens with zero attached hydrogens (tertiary/aromatic N) is 3. The molecule has 3 rings (SSSR count). The standard InChI is InChI=1S/C34H55N3O7/c1-9-17-35(22-25-11-12-25)31(38)21-27-14-15-28(23-36(27)33(40)44-34(4,5)6)37(24(2)3)32(39)26-13-16-29(42-8)30(20-26)43-19-10-18-41-7/h13,16,20,24-25,27-28H,9-12,14-15,17-19,21-23H2,1-8H3/t27-,28?/m1/s1. The Bertz CT molecular complexity index is 1100. The fourth-order valence-electron chi connectivity index (χ4n) is 5.80. The molecule has 44 heavy (non-hydrogen) atoms. The minimum absolute atomic E-state index is 0.0869. The topological polar surface area (TPSA) is 97.9 Å². The van der Waals surface area contributed by atoms with Gasteiger partial charge in [0, 0.05) is 63.8 Å². The van der Waals surface area contributed by atoms with Crippen LogP contribution >= 0.6 is 0 Å². The van der Waals surface area contributed by atoms with Gasteiger partial charge in [-0.15, -0.1) is 0 Å². The van der Waals surface area contributed by atoms with Gasteiger partial charge >= 0.3 is 6.09 Å². The second-order valence-corrected chi connectivity index (χ2v) is 13.4. The van der Waals surface area contributed by atoms with Crippen LogP contribution in [-0.4, -0.2) is 103 Å². The lowest BCUT2D eigenvalue weighted by Gasteiger charge is -2.45. The minimum Gasteiger partial charge on any atom is -0.493 e. The number of carbonyl (C=O) groups excluding carboxylic acids is 3. The molecule has 1 heterocycles. The van der Waals surface area contributed by atoms with Crippen LogP contribution in [0, 0.1) is 5.92 Å². The van der Waals surface area contributed by atoms with Gasteiger partial charge in [0.05, 0.1) is 19.8 Å². The van der Waals surface area contributed by atoms with Crippen LogP contribution in [0.5, 0.6) is 11.5 Å². The van der Waals surface area contributed by atoms with Gasteiger partial charge in [-0.05, 0) is 90.8 Å². The zero-order valence-electron chi connectivity index (χ0n) is 28.2. The van der Waals surface area contributed by atoms with E-state index in [1.165, 1.54) is 12.8 Å². The first kappa shape index (κ1) is 35.5. The van der Waals surface area contributed by atoms with Crippen molar-refractivity contribution in [1.29, 1.82) is 0 Å². The molecule has 3 amide bonds. The third-order valence-electron chi connectivity index (χ3n) is 8.09. The summed E-state index contributed by atoms with van der Waals surface area (Å²) in [5, 5.41) is 0. The van der Waals surface area contributed by atoms with E-state index in [2.05, 4.69) is 6.92 Å². The molecule has 10 heteroatoms. The second kappa shape index (κ2) is 16.3. The fourth-order valence-corrected chi connectivity index (χ4v) is 5.80. The molecule has 1 aromatic rings. The van der Waals surface area contributed by atoms with Crippen molar-refractivity contribution in [3.05, 3.63) is 23.8 Å². The Hall–Kier alpha value is -3.01. The van der Waals surface area contributed by atoms with Crippen LogP contribution in [0.4, 0.5) is 4.79 Å². The summed E-state index contributed by atoms with van der Waals surface area (Å²) in [6.07, 6.45) is 5.05. The predicted octanol–water partition coefficient (Wildman–Crippen LogP) is 5.77. The average Bonchev–Trinajstić information content (AvgIpc) is 3.78. The summed E-state index contributed by atoms with van der Waals surface area (Å²) >= 11 is 0. The summed E-state index contributed by atoms with van der Waals surface area (Å²) in [5.74, 6) is 1.59. The Morgan fingerprint density at radius 1 is 1.02 bits per heavy atom. The number of piperidine rings is 1. The van der Waals surface area contributed by atoms with Gasteiger partial charge in [0.2, 0.25) is 5.91 Å². The van der Waals surface area contributed by atoms with Crippen LogP contribution in [0.2, 0.25) is 0 Å². The lowest BCUT2D eigenvalue weighted by Crippen LogP contribution is -2.58. The molecule has 0 aromatic heterocycles. The lowest BCUT2D eigenvalue weighted by molar-refractivity contribution is -0.133. The van der Waals surface area contributed by atoms with Crippen LogP contribution in [0.1, 0.15) is 96.8 Å². The van der Waals surface area contributed by atoms with E-state index in [1.54, 1.807) is 37.3 Å². The number of amides is 3. The van der Waals surface area contributed by atoms with E-state index in [4.69, 9.17) is 18.9 Å². The lowest BCUT2D eigenvalue weighted by atomic mass is 9.93. The number of methoxy groups -OCH3 is 2. The van der Waals surface area contributed by atoms with Gasteiger partial charge in [0.1, 0.15) is 5.60 Å². The highest BCUT2D eigenvalue weighted by atomic mass is 16.6. The van der Waals surface area contributed by atoms with Gasteiger partial charge in [-0.2, -0.15) is 0 Å². The van der Waals surface area contributed by atoms with Crippen molar-refractivity contribution >= 4 is 17.9 Å². The molecular formula is C34H55N3O7. The molecule has 1 saturated carbocycles. The van der Waals surface area contributed by atoms with Crippen molar-refractivity contribution in [1.82, 2.24) is 14.7 Å². The normalized spacial score (nSPS) is 18.6. The van der Waals surface area contributed by atoms with Crippen molar-refractivity contribution in [3.8, 4) is 11.5 Å². The van der Waals surface area contributed by atoms with Gasteiger partial charge < -0.3 is 33.6 Å². The van der Waals surface area contributed by atoms with Gasteiger partial charge in [0.25, 0.3) is 5.91 Å². The SMILES string of the molecule is CCCN(CC1CC1)C(=O)C[C@H]1CCC(N(C(=O)c2ccc(OC)c(OCCCOC)c2)C(C)C)CN1C(=O)OC(C)(C)C. The monoisotopic (exact) mass is 617 g/mol. The van der Waals surface area contributed by atoms with E-state index in [0.29, 0.717) is 62.0 Å². The maximum Gasteiger partial charge on any atom is 0.410 e. The quantitative estimate of drug-likeness (QED) is 0.231. The third-order valence-corrected chi connectivity index (χ3v) is 8.09. The van der Waals surface area contributed by atoms with E-state index < -0.39 is 11.7 Å². The zero-order chi connectivity index (χ0) is 32.4. The Morgan fingerprint density at radius 2 is 1.75 bits per heavy atom. The van der Waals surface area contributed by atoms with Crippen LogP contribution in [0.3, 0.4) is 0 Å².